The number of amides is 1. The molecule has 0 saturated heterocycles. The summed E-state index contributed by atoms with van der Waals surface area (Å²) in [5.41, 5.74) is 14.5. The number of anilines is 1. The molecule has 6 nitrogen and oxygen atoms in total. The summed E-state index contributed by atoms with van der Waals surface area (Å²) in [6.45, 7) is 0. The van der Waals surface area contributed by atoms with Crippen LogP contribution in [0.3, 0.4) is 0 Å². The Morgan fingerprint density at radius 2 is 2.07 bits per heavy atom. The van der Waals surface area contributed by atoms with E-state index in [0.29, 0.717) is 33.0 Å². The first-order valence-electron chi connectivity index (χ1n) is 8.87. The van der Waals surface area contributed by atoms with Crippen LogP contribution in [0.25, 0.3) is 11.1 Å². The summed E-state index contributed by atoms with van der Waals surface area (Å²) in [7, 11) is 1.58. The molecule has 2 aromatic carbocycles. The summed E-state index contributed by atoms with van der Waals surface area (Å²) in [5.74, 6) is -0.319. The number of carbonyl (C=O) groups excluding carboxylic acids is 1. The van der Waals surface area contributed by atoms with Crippen molar-refractivity contribution in [3.8, 4) is 17.2 Å². The monoisotopic (exact) mass is 419 g/mol. The zero-order valence-corrected chi connectivity index (χ0v) is 16.9. The van der Waals surface area contributed by atoms with Crippen molar-refractivity contribution in [3.05, 3.63) is 76.6 Å². The Labute approximate surface area is 177 Å². The van der Waals surface area contributed by atoms with E-state index in [9.17, 15) is 14.4 Å². The molecule has 30 heavy (non-hydrogen) atoms. The van der Waals surface area contributed by atoms with Gasteiger partial charge in [-0.1, -0.05) is 24.3 Å². The second-order valence-electron chi connectivity index (χ2n) is 6.33. The van der Waals surface area contributed by atoms with Gasteiger partial charge in [-0.15, -0.1) is 11.8 Å². The predicted octanol–water partition coefficient (Wildman–Crippen LogP) is 3.78. The van der Waals surface area contributed by atoms with Crippen molar-refractivity contribution in [3.63, 3.8) is 0 Å². The van der Waals surface area contributed by atoms with Crippen molar-refractivity contribution in [2.75, 3.05) is 12.8 Å². The molecule has 0 atom stereocenters. The smallest absolute Gasteiger partial charge is 0.248 e. The predicted molar refractivity (Wildman–Crippen MR) is 117 cm³/mol. The van der Waals surface area contributed by atoms with Crippen LogP contribution in [0.15, 0.2) is 58.5 Å². The van der Waals surface area contributed by atoms with Gasteiger partial charge >= 0.3 is 0 Å². The minimum absolute atomic E-state index is 0.187. The SMILES string of the molecule is CN=Cc1c(N)nc(SCc2cccc(C(N)=O)c2)c(C#N)c1-c1cccc(F)c1. The lowest BCUT2D eigenvalue weighted by molar-refractivity contribution is 0.1000. The van der Waals surface area contributed by atoms with Crippen molar-refractivity contribution < 1.29 is 9.18 Å². The van der Waals surface area contributed by atoms with E-state index in [4.69, 9.17) is 11.5 Å². The molecule has 0 spiro atoms. The molecule has 8 heteroatoms. The summed E-state index contributed by atoms with van der Waals surface area (Å²) in [6.07, 6.45) is 1.51. The second kappa shape index (κ2) is 9.20. The van der Waals surface area contributed by atoms with Gasteiger partial charge in [-0.2, -0.15) is 5.26 Å². The van der Waals surface area contributed by atoms with Crippen LogP contribution in [-0.2, 0) is 5.75 Å². The van der Waals surface area contributed by atoms with Gasteiger partial charge < -0.3 is 11.5 Å². The van der Waals surface area contributed by atoms with Gasteiger partial charge in [-0.05, 0) is 35.4 Å². The number of nitrogens with zero attached hydrogens (tertiary/aromatic N) is 3. The van der Waals surface area contributed by atoms with Gasteiger partial charge in [0, 0.05) is 35.7 Å². The van der Waals surface area contributed by atoms with Gasteiger partial charge in [0.15, 0.2) is 0 Å². The van der Waals surface area contributed by atoms with Crippen LogP contribution in [0.2, 0.25) is 0 Å². The lowest BCUT2D eigenvalue weighted by atomic mass is 9.96. The number of halogens is 1. The molecule has 4 N–H and O–H groups in total. The molecule has 1 heterocycles. The number of pyridine rings is 1. The molecule has 1 aromatic heterocycles. The van der Waals surface area contributed by atoms with E-state index >= 15 is 0 Å². The van der Waals surface area contributed by atoms with Crippen molar-refractivity contribution >= 4 is 29.7 Å². The first-order chi connectivity index (χ1) is 14.4. The molecular formula is C22H18FN5OS. The molecule has 3 aromatic rings. The second-order valence-corrected chi connectivity index (χ2v) is 7.29. The van der Waals surface area contributed by atoms with E-state index in [0.717, 1.165) is 5.56 Å². The lowest BCUT2D eigenvalue weighted by Gasteiger charge is -2.14. The molecule has 150 valence electrons. The van der Waals surface area contributed by atoms with E-state index in [1.165, 1.54) is 30.1 Å². The van der Waals surface area contributed by atoms with Crippen LogP contribution >= 0.6 is 11.8 Å². The molecule has 0 unspecified atom stereocenters. The number of rotatable bonds is 6. The summed E-state index contributed by atoms with van der Waals surface area (Å²) in [6, 6.07) is 15.0. The molecule has 0 fully saturated rings. The number of hydrogen-bond donors (Lipinski definition) is 2. The van der Waals surface area contributed by atoms with Crippen molar-refractivity contribution in [1.82, 2.24) is 4.98 Å². The Morgan fingerprint density at radius 1 is 1.30 bits per heavy atom. The highest BCUT2D eigenvalue weighted by atomic mass is 32.2. The molecule has 0 bridgehead atoms. The molecular weight excluding hydrogens is 401 g/mol. The van der Waals surface area contributed by atoms with Crippen LogP contribution in [0, 0.1) is 17.1 Å². The first kappa shape index (κ1) is 21.0. The molecule has 1 amide bonds. The number of nitrogen functional groups attached to an aromatic ring is 1. The van der Waals surface area contributed by atoms with Gasteiger partial charge in [-0.3, -0.25) is 9.79 Å². The average Bonchev–Trinajstić information content (AvgIpc) is 2.73. The van der Waals surface area contributed by atoms with Crippen LogP contribution in [0.4, 0.5) is 10.2 Å². The number of carbonyl (C=O) groups is 1. The maximum absolute atomic E-state index is 13.9. The van der Waals surface area contributed by atoms with Gasteiger partial charge in [0.25, 0.3) is 0 Å². The number of benzene rings is 2. The topological polar surface area (TPSA) is 118 Å². The number of nitrogens with two attached hydrogens (primary N) is 2. The number of aliphatic imine (C=N–C) groups is 1. The van der Waals surface area contributed by atoms with E-state index in [2.05, 4.69) is 16.0 Å². The Kier molecular flexibility index (Phi) is 6.45. The highest BCUT2D eigenvalue weighted by Crippen LogP contribution is 2.36. The van der Waals surface area contributed by atoms with Crippen LogP contribution in [0.5, 0.6) is 0 Å². The fourth-order valence-corrected chi connectivity index (χ4v) is 3.91. The van der Waals surface area contributed by atoms with E-state index in [1.54, 1.807) is 37.4 Å². The minimum atomic E-state index is -0.515. The molecule has 3 rings (SSSR count). The van der Waals surface area contributed by atoms with Crippen molar-refractivity contribution in [1.29, 1.82) is 5.26 Å². The number of nitriles is 1. The number of primary amides is 1. The molecule has 0 saturated carbocycles. The van der Waals surface area contributed by atoms with Crippen molar-refractivity contribution in [2.45, 2.75) is 10.8 Å². The maximum atomic E-state index is 13.9. The third kappa shape index (κ3) is 4.47. The fraction of sp³-hybridized carbons (Fsp3) is 0.0909. The Balaban J connectivity index is 2.09. The van der Waals surface area contributed by atoms with E-state index in [-0.39, 0.29) is 11.4 Å². The number of thioether (sulfide) groups is 1. The van der Waals surface area contributed by atoms with Gasteiger partial charge in [0.2, 0.25) is 5.91 Å². The molecule has 0 aliphatic heterocycles. The van der Waals surface area contributed by atoms with Crippen LogP contribution in [-0.4, -0.2) is 24.2 Å². The van der Waals surface area contributed by atoms with E-state index < -0.39 is 11.7 Å². The normalized spacial score (nSPS) is 10.8. The summed E-state index contributed by atoms with van der Waals surface area (Å²) in [5, 5.41) is 10.3. The number of hydrogen-bond acceptors (Lipinski definition) is 6. The minimum Gasteiger partial charge on any atom is -0.383 e. The van der Waals surface area contributed by atoms with Gasteiger partial charge in [-0.25, -0.2) is 9.37 Å². The highest BCUT2D eigenvalue weighted by molar-refractivity contribution is 7.98. The largest absolute Gasteiger partial charge is 0.383 e. The zero-order chi connectivity index (χ0) is 21.7. The third-order valence-electron chi connectivity index (χ3n) is 4.30. The zero-order valence-electron chi connectivity index (χ0n) is 16.1. The van der Waals surface area contributed by atoms with Crippen LogP contribution in [0.1, 0.15) is 27.0 Å². The Morgan fingerprint density at radius 3 is 2.73 bits per heavy atom. The molecule has 0 aliphatic carbocycles. The fourth-order valence-electron chi connectivity index (χ4n) is 2.97. The Bertz CT molecular complexity index is 1190. The maximum Gasteiger partial charge on any atom is 0.248 e. The standard InChI is InChI=1S/C22H18FN5OS/c1-27-11-18-19(14-5-3-7-16(23)9-14)17(10-24)22(28-20(18)25)30-12-13-4-2-6-15(8-13)21(26)29/h2-9,11H,12H2,1H3,(H2,25,28)(H2,26,29). The Hall–Kier alpha value is -3.70. The third-order valence-corrected chi connectivity index (χ3v) is 5.35. The number of aromatic nitrogens is 1. The quantitative estimate of drug-likeness (QED) is 0.466. The first-order valence-corrected chi connectivity index (χ1v) is 9.86. The van der Waals surface area contributed by atoms with Gasteiger partial charge in [0.1, 0.15) is 22.7 Å². The average molecular weight is 419 g/mol. The lowest BCUT2D eigenvalue weighted by Crippen LogP contribution is -2.10. The molecule has 0 aliphatic rings. The van der Waals surface area contributed by atoms with Gasteiger partial charge in [0.05, 0.1) is 5.56 Å². The van der Waals surface area contributed by atoms with Crippen molar-refractivity contribution in [2.24, 2.45) is 10.7 Å². The summed E-state index contributed by atoms with van der Waals surface area (Å²) >= 11 is 1.30. The summed E-state index contributed by atoms with van der Waals surface area (Å²) in [4.78, 5) is 19.8. The van der Waals surface area contributed by atoms with Crippen LogP contribution < -0.4 is 11.5 Å². The molecule has 0 radical (unpaired) electrons. The highest BCUT2D eigenvalue weighted by Gasteiger charge is 2.20. The van der Waals surface area contributed by atoms with E-state index in [1.807, 2.05) is 6.07 Å². The summed E-state index contributed by atoms with van der Waals surface area (Å²) < 4.78 is 13.9.